The number of amides is 1. The number of hydrogen-bond acceptors (Lipinski definition) is 4. The first-order valence-electron chi connectivity index (χ1n) is 9.31. The van der Waals surface area contributed by atoms with E-state index >= 15 is 0 Å². The maximum Gasteiger partial charge on any atom is 0.316 e. The molecule has 3 aromatic carbocycles. The summed E-state index contributed by atoms with van der Waals surface area (Å²) in [5, 5.41) is 2.74. The largest absolute Gasteiger partial charge is 0.455 e. The molecule has 0 aliphatic carbocycles. The number of para-hydroxylation sites is 3. The Bertz CT molecular complexity index is 968. The van der Waals surface area contributed by atoms with Gasteiger partial charge in [0.05, 0.1) is 11.1 Å². The summed E-state index contributed by atoms with van der Waals surface area (Å²) in [6.45, 7) is 3.16. The second-order valence-corrected chi connectivity index (χ2v) is 7.03. The number of rotatable bonds is 7. The molecule has 0 fully saturated rings. The van der Waals surface area contributed by atoms with Crippen LogP contribution in [-0.4, -0.2) is 18.5 Å². The van der Waals surface area contributed by atoms with Crippen molar-refractivity contribution >= 4 is 17.6 Å². The van der Waals surface area contributed by atoms with Crippen LogP contribution in [0.2, 0.25) is 0 Å². The van der Waals surface area contributed by atoms with Crippen LogP contribution in [0.4, 0.5) is 5.69 Å². The van der Waals surface area contributed by atoms with E-state index in [1.165, 1.54) is 0 Å². The van der Waals surface area contributed by atoms with E-state index in [0.717, 1.165) is 5.56 Å². The maximum atomic E-state index is 12.5. The Morgan fingerprint density at radius 3 is 2.10 bits per heavy atom. The normalized spacial score (nSPS) is 10.8. The average Bonchev–Trinajstić information content (AvgIpc) is 2.74. The van der Waals surface area contributed by atoms with Crippen molar-refractivity contribution in [2.45, 2.75) is 19.3 Å². The minimum atomic E-state index is -0.851. The molecule has 0 bridgehead atoms. The number of carbonyl (C=O) groups excluding carboxylic acids is 2. The molecule has 5 heteroatoms. The number of nitrogens with one attached hydrogen (secondary N) is 1. The van der Waals surface area contributed by atoms with E-state index in [1.807, 2.05) is 66.7 Å². The van der Waals surface area contributed by atoms with Crippen molar-refractivity contribution in [1.82, 2.24) is 0 Å². The van der Waals surface area contributed by atoms with E-state index in [9.17, 15) is 9.59 Å². The quantitative estimate of drug-likeness (QED) is 0.582. The Hall–Kier alpha value is -3.60. The van der Waals surface area contributed by atoms with E-state index in [-0.39, 0.29) is 6.61 Å². The maximum absolute atomic E-state index is 12.5. The molecule has 0 heterocycles. The molecule has 0 aliphatic heterocycles. The number of hydrogen-bond donors (Lipinski definition) is 1. The second-order valence-electron chi connectivity index (χ2n) is 7.03. The molecule has 3 aromatic rings. The molecule has 0 aromatic heterocycles. The molecule has 0 saturated heterocycles. The lowest BCUT2D eigenvalue weighted by Gasteiger charge is -2.23. The summed E-state index contributed by atoms with van der Waals surface area (Å²) >= 11 is 0. The highest BCUT2D eigenvalue weighted by molar-refractivity contribution is 5.95. The summed E-state index contributed by atoms with van der Waals surface area (Å²) in [6.07, 6.45) is 0. The molecule has 148 valence electrons. The van der Waals surface area contributed by atoms with Gasteiger partial charge in [0.1, 0.15) is 5.75 Å². The van der Waals surface area contributed by atoms with Crippen molar-refractivity contribution < 1.29 is 19.1 Å². The zero-order chi connectivity index (χ0) is 20.7. The van der Waals surface area contributed by atoms with Crippen LogP contribution in [0.5, 0.6) is 11.5 Å². The van der Waals surface area contributed by atoms with Gasteiger partial charge in [-0.05, 0) is 43.7 Å². The number of anilines is 1. The monoisotopic (exact) mass is 389 g/mol. The smallest absolute Gasteiger partial charge is 0.316 e. The molecule has 0 aliphatic rings. The molecule has 1 N–H and O–H groups in total. The molecule has 0 spiro atoms. The van der Waals surface area contributed by atoms with Gasteiger partial charge in [0.15, 0.2) is 12.4 Å². The highest BCUT2D eigenvalue weighted by atomic mass is 16.5. The highest BCUT2D eigenvalue weighted by Crippen LogP contribution is 2.29. The van der Waals surface area contributed by atoms with Gasteiger partial charge in [-0.1, -0.05) is 60.7 Å². The van der Waals surface area contributed by atoms with Crippen LogP contribution in [0.25, 0.3) is 0 Å². The van der Waals surface area contributed by atoms with Gasteiger partial charge >= 0.3 is 5.97 Å². The Balaban J connectivity index is 1.61. The van der Waals surface area contributed by atoms with Gasteiger partial charge in [-0.3, -0.25) is 9.59 Å². The van der Waals surface area contributed by atoms with Gasteiger partial charge in [0, 0.05) is 0 Å². The van der Waals surface area contributed by atoms with Gasteiger partial charge in [-0.2, -0.15) is 0 Å². The molecule has 0 saturated carbocycles. The van der Waals surface area contributed by atoms with Crippen molar-refractivity contribution in [2.24, 2.45) is 0 Å². The predicted octanol–water partition coefficient (Wildman–Crippen LogP) is 4.94. The number of ether oxygens (including phenoxy) is 2. The fraction of sp³-hybridized carbons (Fsp3) is 0.167. The summed E-state index contributed by atoms with van der Waals surface area (Å²) < 4.78 is 11.1. The number of esters is 1. The van der Waals surface area contributed by atoms with Gasteiger partial charge in [-0.25, -0.2) is 0 Å². The number of carbonyl (C=O) groups is 2. The summed E-state index contributed by atoms with van der Waals surface area (Å²) in [6, 6.07) is 25.7. The Kier molecular flexibility index (Phi) is 6.29. The first kappa shape index (κ1) is 20.1. The summed E-state index contributed by atoms with van der Waals surface area (Å²) in [7, 11) is 0. The zero-order valence-corrected chi connectivity index (χ0v) is 16.4. The van der Waals surface area contributed by atoms with E-state index < -0.39 is 17.3 Å². The van der Waals surface area contributed by atoms with Gasteiger partial charge in [0.2, 0.25) is 0 Å². The molecule has 0 unspecified atom stereocenters. The van der Waals surface area contributed by atoms with Crippen molar-refractivity contribution in [3.63, 3.8) is 0 Å². The Morgan fingerprint density at radius 2 is 1.41 bits per heavy atom. The average molecular weight is 389 g/mol. The van der Waals surface area contributed by atoms with Crippen molar-refractivity contribution in [3.05, 3.63) is 90.5 Å². The second kappa shape index (κ2) is 9.06. The van der Waals surface area contributed by atoms with Gasteiger partial charge in [-0.15, -0.1) is 0 Å². The van der Waals surface area contributed by atoms with Crippen LogP contribution in [0.15, 0.2) is 84.9 Å². The third-order valence-corrected chi connectivity index (χ3v) is 4.47. The lowest BCUT2D eigenvalue weighted by molar-refractivity contribution is -0.152. The molecule has 3 rings (SSSR count). The van der Waals surface area contributed by atoms with E-state index in [1.54, 1.807) is 32.0 Å². The van der Waals surface area contributed by atoms with Crippen LogP contribution in [-0.2, 0) is 19.7 Å². The SMILES string of the molecule is CC(C)(C(=O)OCC(=O)Nc1ccccc1Oc1ccccc1)c1ccccc1. The zero-order valence-electron chi connectivity index (χ0n) is 16.4. The van der Waals surface area contributed by atoms with E-state index in [2.05, 4.69) is 5.32 Å². The first-order valence-corrected chi connectivity index (χ1v) is 9.31. The van der Waals surface area contributed by atoms with E-state index in [4.69, 9.17) is 9.47 Å². The molecular formula is C24H23NO4. The highest BCUT2D eigenvalue weighted by Gasteiger charge is 2.31. The summed E-state index contributed by atoms with van der Waals surface area (Å²) in [5.41, 5.74) is 0.474. The van der Waals surface area contributed by atoms with Crippen LogP contribution < -0.4 is 10.1 Å². The van der Waals surface area contributed by atoms with Crippen molar-refractivity contribution in [2.75, 3.05) is 11.9 Å². The molecular weight excluding hydrogens is 366 g/mol. The van der Waals surface area contributed by atoms with Gasteiger partial charge < -0.3 is 14.8 Å². The Morgan fingerprint density at radius 1 is 0.828 bits per heavy atom. The molecule has 0 atom stereocenters. The minimum absolute atomic E-state index is 0.380. The van der Waals surface area contributed by atoms with Crippen molar-refractivity contribution in [3.8, 4) is 11.5 Å². The lowest BCUT2D eigenvalue weighted by Crippen LogP contribution is -2.33. The first-order chi connectivity index (χ1) is 14.0. The summed E-state index contributed by atoms with van der Waals surface area (Å²) in [4.78, 5) is 24.8. The van der Waals surface area contributed by atoms with Crippen LogP contribution in [0.3, 0.4) is 0 Å². The predicted molar refractivity (Wildman–Crippen MR) is 112 cm³/mol. The molecule has 5 nitrogen and oxygen atoms in total. The Labute approximate surface area is 170 Å². The van der Waals surface area contributed by atoms with Crippen LogP contribution in [0.1, 0.15) is 19.4 Å². The third kappa shape index (κ3) is 5.23. The minimum Gasteiger partial charge on any atom is -0.455 e. The third-order valence-electron chi connectivity index (χ3n) is 4.47. The fourth-order valence-electron chi connectivity index (χ4n) is 2.74. The standard InChI is InChI=1S/C24H23NO4/c1-24(2,18-11-5-3-6-12-18)23(27)28-17-22(26)25-20-15-9-10-16-21(20)29-19-13-7-4-8-14-19/h3-16H,17H2,1-2H3,(H,25,26). The summed E-state index contributed by atoms with van der Waals surface area (Å²) in [5.74, 6) is 0.257. The van der Waals surface area contributed by atoms with Crippen LogP contribution in [0, 0.1) is 0 Å². The lowest BCUT2D eigenvalue weighted by atomic mass is 9.85. The van der Waals surface area contributed by atoms with Crippen LogP contribution >= 0.6 is 0 Å². The molecule has 1 amide bonds. The fourth-order valence-corrected chi connectivity index (χ4v) is 2.74. The van der Waals surface area contributed by atoms with Crippen molar-refractivity contribution in [1.29, 1.82) is 0 Å². The van der Waals surface area contributed by atoms with Gasteiger partial charge in [0.25, 0.3) is 5.91 Å². The topological polar surface area (TPSA) is 64.6 Å². The number of benzene rings is 3. The molecule has 0 radical (unpaired) electrons. The molecule has 29 heavy (non-hydrogen) atoms. The van der Waals surface area contributed by atoms with E-state index in [0.29, 0.717) is 17.2 Å².